The zero-order valence-corrected chi connectivity index (χ0v) is 9.98. The van der Waals surface area contributed by atoms with Gasteiger partial charge in [-0.15, -0.1) is 0 Å². The van der Waals surface area contributed by atoms with Crippen LogP contribution in [-0.2, 0) is 9.59 Å². The maximum Gasteiger partial charge on any atom is 0.322 e. The van der Waals surface area contributed by atoms with Crippen LogP contribution in [0.2, 0.25) is 0 Å². The molecule has 0 atom stereocenters. The van der Waals surface area contributed by atoms with E-state index in [0.29, 0.717) is 6.54 Å². The van der Waals surface area contributed by atoms with Crippen LogP contribution in [0.5, 0.6) is 0 Å². The number of rotatable bonds is 9. The molecule has 0 bridgehead atoms. The number of aliphatic carboxylic acids is 1. The van der Waals surface area contributed by atoms with E-state index in [0.717, 1.165) is 19.3 Å². The smallest absolute Gasteiger partial charge is 0.322 e. The number of carbonyl (C=O) groups excluding carboxylic acids is 1. The normalized spacial score (nSPS) is 10.6. The standard InChI is InChI=1S/C11H17N3O4/c12-6-9(11(18)14-8-10(16)17)7-13-4-2-1-3-5-15/h7,13,15H,1-5,8H2,(H,14,18)(H,16,17)/b9-7-. The summed E-state index contributed by atoms with van der Waals surface area (Å²) in [5, 5.41) is 30.5. The Kier molecular flexibility index (Phi) is 8.95. The molecule has 0 unspecified atom stereocenters. The first-order valence-corrected chi connectivity index (χ1v) is 5.56. The number of nitriles is 1. The highest BCUT2D eigenvalue weighted by molar-refractivity contribution is 5.98. The number of nitrogens with zero attached hydrogens (tertiary/aromatic N) is 1. The fourth-order valence-electron chi connectivity index (χ4n) is 1.09. The summed E-state index contributed by atoms with van der Waals surface area (Å²) < 4.78 is 0. The van der Waals surface area contributed by atoms with Gasteiger partial charge in [0.15, 0.2) is 0 Å². The van der Waals surface area contributed by atoms with Crippen molar-refractivity contribution in [3.63, 3.8) is 0 Å². The second-order valence-electron chi connectivity index (χ2n) is 3.48. The Balaban J connectivity index is 3.96. The molecule has 7 heteroatoms. The van der Waals surface area contributed by atoms with E-state index in [9.17, 15) is 9.59 Å². The molecule has 0 aliphatic carbocycles. The Morgan fingerprint density at radius 2 is 2.00 bits per heavy atom. The molecule has 0 saturated carbocycles. The molecule has 0 heterocycles. The number of hydrogen-bond donors (Lipinski definition) is 4. The third kappa shape index (κ3) is 8.13. The van der Waals surface area contributed by atoms with Gasteiger partial charge in [-0.05, 0) is 19.3 Å². The number of unbranched alkanes of at least 4 members (excludes halogenated alkanes) is 2. The number of nitrogens with one attached hydrogen (secondary N) is 2. The molecule has 7 nitrogen and oxygen atoms in total. The summed E-state index contributed by atoms with van der Waals surface area (Å²) in [6.45, 7) is 0.211. The van der Waals surface area contributed by atoms with Crippen molar-refractivity contribution in [2.45, 2.75) is 19.3 Å². The minimum absolute atomic E-state index is 0.150. The molecule has 0 spiro atoms. The second kappa shape index (κ2) is 10.1. The van der Waals surface area contributed by atoms with Crippen LogP contribution in [0.25, 0.3) is 0 Å². The van der Waals surface area contributed by atoms with Crippen molar-refractivity contribution in [1.29, 1.82) is 5.26 Å². The number of hydrogen-bond acceptors (Lipinski definition) is 5. The molecule has 1 amide bonds. The van der Waals surface area contributed by atoms with Crippen LogP contribution < -0.4 is 10.6 Å². The largest absolute Gasteiger partial charge is 0.480 e. The van der Waals surface area contributed by atoms with E-state index in [1.165, 1.54) is 6.20 Å². The van der Waals surface area contributed by atoms with Crippen molar-refractivity contribution < 1.29 is 19.8 Å². The predicted molar refractivity (Wildman–Crippen MR) is 63.3 cm³/mol. The van der Waals surface area contributed by atoms with Gasteiger partial charge >= 0.3 is 5.97 Å². The lowest BCUT2D eigenvalue weighted by Gasteiger charge is -2.02. The van der Waals surface area contributed by atoms with E-state index in [2.05, 4.69) is 10.6 Å². The fraction of sp³-hybridized carbons (Fsp3) is 0.545. The summed E-state index contributed by atoms with van der Waals surface area (Å²) in [7, 11) is 0. The molecular weight excluding hydrogens is 238 g/mol. The second-order valence-corrected chi connectivity index (χ2v) is 3.48. The Morgan fingerprint density at radius 1 is 1.28 bits per heavy atom. The predicted octanol–water partition coefficient (Wildman–Crippen LogP) is -0.653. The zero-order valence-electron chi connectivity index (χ0n) is 9.98. The number of aliphatic hydroxyl groups excluding tert-OH is 1. The summed E-state index contributed by atoms with van der Waals surface area (Å²) in [4.78, 5) is 21.5. The van der Waals surface area contributed by atoms with Crippen molar-refractivity contribution in [2.75, 3.05) is 19.7 Å². The molecule has 18 heavy (non-hydrogen) atoms. The van der Waals surface area contributed by atoms with E-state index < -0.39 is 18.4 Å². The van der Waals surface area contributed by atoms with Gasteiger partial charge in [0.05, 0.1) is 0 Å². The van der Waals surface area contributed by atoms with Gasteiger partial charge < -0.3 is 20.8 Å². The van der Waals surface area contributed by atoms with Crippen molar-refractivity contribution in [3.05, 3.63) is 11.8 Å². The number of amides is 1. The van der Waals surface area contributed by atoms with Gasteiger partial charge in [0, 0.05) is 19.4 Å². The van der Waals surface area contributed by atoms with Gasteiger partial charge in [-0.2, -0.15) is 5.26 Å². The molecule has 0 aromatic carbocycles. The number of carboxylic acids is 1. The fourth-order valence-corrected chi connectivity index (χ4v) is 1.09. The molecular formula is C11H17N3O4. The van der Waals surface area contributed by atoms with Crippen LogP contribution in [0.15, 0.2) is 11.8 Å². The summed E-state index contributed by atoms with van der Waals surface area (Å²) in [5.74, 6) is -1.89. The van der Waals surface area contributed by atoms with E-state index in [1.54, 1.807) is 6.07 Å². The molecule has 0 aromatic rings. The van der Waals surface area contributed by atoms with E-state index in [-0.39, 0.29) is 12.2 Å². The minimum Gasteiger partial charge on any atom is -0.480 e. The first-order valence-electron chi connectivity index (χ1n) is 5.56. The van der Waals surface area contributed by atoms with Crippen molar-refractivity contribution in [3.8, 4) is 6.07 Å². The van der Waals surface area contributed by atoms with Crippen molar-refractivity contribution in [2.24, 2.45) is 0 Å². The van der Waals surface area contributed by atoms with Crippen LogP contribution in [0.3, 0.4) is 0 Å². The van der Waals surface area contributed by atoms with Gasteiger partial charge in [-0.3, -0.25) is 9.59 Å². The first-order chi connectivity index (χ1) is 8.61. The molecule has 0 radical (unpaired) electrons. The molecule has 100 valence electrons. The highest BCUT2D eigenvalue weighted by atomic mass is 16.4. The molecule has 0 saturated heterocycles. The van der Waals surface area contributed by atoms with Gasteiger partial charge in [-0.25, -0.2) is 0 Å². The maximum atomic E-state index is 11.3. The van der Waals surface area contributed by atoms with Crippen LogP contribution in [0.1, 0.15) is 19.3 Å². The highest BCUT2D eigenvalue weighted by Crippen LogP contribution is 1.94. The van der Waals surface area contributed by atoms with Crippen LogP contribution >= 0.6 is 0 Å². The molecule has 0 aromatic heterocycles. The average molecular weight is 255 g/mol. The van der Waals surface area contributed by atoms with Gasteiger partial charge in [0.1, 0.15) is 18.2 Å². The first kappa shape index (κ1) is 15.9. The summed E-state index contributed by atoms with van der Waals surface area (Å²) in [6.07, 6.45) is 3.64. The van der Waals surface area contributed by atoms with E-state index in [4.69, 9.17) is 15.5 Å². The Morgan fingerprint density at radius 3 is 2.56 bits per heavy atom. The maximum absolute atomic E-state index is 11.3. The SMILES string of the molecule is N#C/C(=C/NCCCCCO)C(=O)NCC(=O)O. The zero-order chi connectivity index (χ0) is 13.8. The van der Waals surface area contributed by atoms with Gasteiger partial charge in [0.25, 0.3) is 5.91 Å². The third-order valence-corrected chi connectivity index (χ3v) is 1.99. The summed E-state index contributed by atoms with van der Waals surface area (Å²) >= 11 is 0. The molecule has 0 aliphatic heterocycles. The summed E-state index contributed by atoms with van der Waals surface area (Å²) in [6, 6.07) is 1.68. The lowest BCUT2D eigenvalue weighted by Crippen LogP contribution is -2.30. The molecule has 4 N–H and O–H groups in total. The van der Waals surface area contributed by atoms with Gasteiger partial charge in [-0.1, -0.05) is 0 Å². The molecule has 0 rings (SSSR count). The quantitative estimate of drug-likeness (QED) is 0.246. The summed E-state index contributed by atoms with van der Waals surface area (Å²) in [5.41, 5.74) is -0.168. The lowest BCUT2D eigenvalue weighted by atomic mass is 10.2. The molecule has 0 fully saturated rings. The van der Waals surface area contributed by atoms with Crippen LogP contribution in [0, 0.1) is 11.3 Å². The van der Waals surface area contributed by atoms with Crippen molar-refractivity contribution >= 4 is 11.9 Å². The van der Waals surface area contributed by atoms with Crippen molar-refractivity contribution in [1.82, 2.24) is 10.6 Å². The number of aliphatic hydroxyl groups is 1. The van der Waals surface area contributed by atoms with Crippen LogP contribution in [-0.4, -0.2) is 41.8 Å². The Bertz CT molecular complexity index is 347. The number of carboxylic acid groups (broad SMARTS) is 1. The third-order valence-electron chi connectivity index (χ3n) is 1.99. The number of carbonyl (C=O) groups is 2. The van der Waals surface area contributed by atoms with E-state index >= 15 is 0 Å². The minimum atomic E-state index is -1.17. The topological polar surface area (TPSA) is 122 Å². The average Bonchev–Trinajstić information content (AvgIpc) is 2.35. The van der Waals surface area contributed by atoms with E-state index in [1.807, 2.05) is 0 Å². The Hall–Kier alpha value is -2.07. The highest BCUT2D eigenvalue weighted by Gasteiger charge is 2.09. The van der Waals surface area contributed by atoms with Gasteiger partial charge in [0.2, 0.25) is 0 Å². The van der Waals surface area contributed by atoms with Crippen LogP contribution in [0.4, 0.5) is 0 Å². The monoisotopic (exact) mass is 255 g/mol. The molecule has 0 aliphatic rings. The lowest BCUT2D eigenvalue weighted by molar-refractivity contribution is -0.137. The Labute approximate surface area is 105 Å².